The summed E-state index contributed by atoms with van der Waals surface area (Å²) < 4.78 is 32.0. The van der Waals surface area contributed by atoms with E-state index in [1.54, 1.807) is 0 Å². The van der Waals surface area contributed by atoms with Crippen LogP contribution in [0.2, 0.25) is 0 Å². The zero-order chi connectivity index (χ0) is 16.9. The Morgan fingerprint density at radius 2 is 2.00 bits per heavy atom. The van der Waals surface area contributed by atoms with Gasteiger partial charge in [0.15, 0.2) is 0 Å². The summed E-state index contributed by atoms with van der Waals surface area (Å²) in [6.45, 7) is 2.95. The van der Waals surface area contributed by atoms with E-state index in [0.29, 0.717) is 31.1 Å². The standard InChI is InChI=1S/C19H25F2NO2/c20-17-6-5-15(18(21)12-17)4-3-14-2-1-9-22(13-14)19(23)16-7-10-24-11-8-16/h5-6,12,14,16H,1-4,7-11,13H2. The summed E-state index contributed by atoms with van der Waals surface area (Å²) >= 11 is 0. The molecule has 1 aromatic rings. The van der Waals surface area contributed by atoms with Crippen LogP contribution in [0.15, 0.2) is 18.2 Å². The number of ether oxygens (including phenoxy) is 1. The van der Waals surface area contributed by atoms with Gasteiger partial charge in [0.05, 0.1) is 0 Å². The Morgan fingerprint density at radius 3 is 2.75 bits per heavy atom. The highest BCUT2D eigenvalue weighted by molar-refractivity contribution is 5.79. The van der Waals surface area contributed by atoms with E-state index in [1.165, 1.54) is 12.1 Å². The number of nitrogens with zero attached hydrogens (tertiary/aromatic N) is 1. The highest BCUT2D eigenvalue weighted by Crippen LogP contribution is 2.26. The first-order valence-electron chi connectivity index (χ1n) is 8.94. The zero-order valence-electron chi connectivity index (χ0n) is 14.0. The minimum Gasteiger partial charge on any atom is -0.381 e. The van der Waals surface area contributed by atoms with Crippen LogP contribution in [-0.2, 0) is 16.0 Å². The first-order chi connectivity index (χ1) is 11.6. The highest BCUT2D eigenvalue weighted by Gasteiger charge is 2.29. The van der Waals surface area contributed by atoms with Gasteiger partial charge in [-0.2, -0.15) is 0 Å². The van der Waals surface area contributed by atoms with E-state index in [1.807, 2.05) is 4.90 Å². The molecule has 0 aliphatic carbocycles. The van der Waals surface area contributed by atoms with Gasteiger partial charge in [-0.05, 0) is 56.1 Å². The number of rotatable bonds is 4. The SMILES string of the molecule is O=C(C1CCOCC1)N1CCCC(CCc2ccc(F)cc2F)C1. The van der Waals surface area contributed by atoms with Crippen molar-refractivity contribution in [1.29, 1.82) is 0 Å². The largest absolute Gasteiger partial charge is 0.381 e. The molecule has 2 fully saturated rings. The number of amides is 1. The number of hydrogen-bond acceptors (Lipinski definition) is 2. The lowest BCUT2D eigenvalue weighted by Gasteiger charge is -2.36. The van der Waals surface area contributed by atoms with E-state index in [4.69, 9.17) is 4.74 Å². The Kier molecular flexibility index (Phi) is 5.82. The average Bonchev–Trinajstić information content (AvgIpc) is 2.61. The van der Waals surface area contributed by atoms with Crippen molar-refractivity contribution in [2.75, 3.05) is 26.3 Å². The third-order valence-corrected chi connectivity index (χ3v) is 5.24. The molecule has 1 unspecified atom stereocenters. The second-order valence-corrected chi connectivity index (χ2v) is 6.95. The van der Waals surface area contributed by atoms with Crippen LogP contribution in [-0.4, -0.2) is 37.1 Å². The van der Waals surface area contributed by atoms with E-state index >= 15 is 0 Å². The fourth-order valence-electron chi connectivity index (χ4n) is 3.79. The molecule has 2 heterocycles. The molecule has 2 aliphatic heterocycles. The molecule has 0 aromatic heterocycles. The summed E-state index contributed by atoms with van der Waals surface area (Å²) in [4.78, 5) is 14.6. The van der Waals surface area contributed by atoms with Crippen molar-refractivity contribution < 1.29 is 18.3 Å². The number of halogens is 2. The summed E-state index contributed by atoms with van der Waals surface area (Å²) in [6.07, 6.45) is 5.14. The first-order valence-corrected chi connectivity index (χ1v) is 8.94. The Bertz CT molecular complexity index is 572. The molecule has 0 spiro atoms. The second-order valence-electron chi connectivity index (χ2n) is 6.95. The molecule has 1 atom stereocenters. The first kappa shape index (κ1) is 17.3. The van der Waals surface area contributed by atoms with Crippen LogP contribution in [0.25, 0.3) is 0 Å². The Morgan fingerprint density at radius 1 is 1.21 bits per heavy atom. The molecular formula is C19H25F2NO2. The molecule has 24 heavy (non-hydrogen) atoms. The molecule has 1 amide bonds. The van der Waals surface area contributed by atoms with Crippen molar-refractivity contribution >= 4 is 5.91 Å². The molecule has 1 aromatic carbocycles. The van der Waals surface area contributed by atoms with Crippen LogP contribution in [0.4, 0.5) is 8.78 Å². The molecule has 0 saturated carbocycles. The van der Waals surface area contributed by atoms with Crippen molar-refractivity contribution in [1.82, 2.24) is 4.90 Å². The lowest BCUT2D eigenvalue weighted by atomic mass is 9.90. The predicted molar refractivity (Wildman–Crippen MR) is 87.5 cm³/mol. The van der Waals surface area contributed by atoms with Crippen molar-refractivity contribution in [3.05, 3.63) is 35.4 Å². The second kappa shape index (κ2) is 8.06. The fraction of sp³-hybridized carbons (Fsp3) is 0.632. The van der Waals surface area contributed by atoms with Crippen LogP contribution in [0, 0.1) is 23.5 Å². The Hall–Kier alpha value is -1.49. The number of aryl methyl sites for hydroxylation is 1. The number of hydrogen-bond donors (Lipinski definition) is 0. The molecule has 132 valence electrons. The minimum absolute atomic E-state index is 0.104. The van der Waals surface area contributed by atoms with Gasteiger partial charge in [-0.3, -0.25) is 4.79 Å². The zero-order valence-corrected chi connectivity index (χ0v) is 14.0. The Labute approximate surface area is 142 Å². The summed E-state index contributed by atoms with van der Waals surface area (Å²) in [5.74, 6) is -0.252. The normalized spacial score (nSPS) is 22.6. The van der Waals surface area contributed by atoms with Crippen LogP contribution in [0.5, 0.6) is 0 Å². The van der Waals surface area contributed by atoms with Gasteiger partial charge >= 0.3 is 0 Å². The number of piperidine rings is 1. The molecule has 3 rings (SSSR count). The van der Waals surface area contributed by atoms with Gasteiger partial charge < -0.3 is 9.64 Å². The van der Waals surface area contributed by atoms with Crippen LogP contribution in [0.3, 0.4) is 0 Å². The van der Waals surface area contributed by atoms with E-state index < -0.39 is 11.6 Å². The maximum Gasteiger partial charge on any atom is 0.225 e. The number of carbonyl (C=O) groups excluding carboxylic acids is 1. The third-order valence-electron chi connectivity index (χ3n) is 5.24. The quantitative estimate of drug-likeness (QED) is 0.841. The van der Waals surface area contributed by atoms with Crippen molar-refractivity contribution in [3.63, 3.8) is 0 Å². The summed E-state index contributed by atoms with van der Waals surface area (Å²) in [7, 11) is 0. The Balaban J connectivity index is 1.52. The van der Waals surface area contributed by atoms with Gasteiger partial charge in [-0.1, -0.05) is 6.07 Å². The molecule has 0 radical (unpaired) electrons. The van der Waals surface area contributed by atoms with Gasteiger partial charge in [0.2, 0.25) is 5.91 Å². The van der Waals surface area contributed by atoms with E-state index in [2.05, 4.69) is 0 Å². The number of likely N-dealkylation sites (tertiary alicyclic amines) is 1. The summed E-state index contributed by atoms with van der Waals surface area (Å²) in [5, 5.41) is 0. The minimum atomic E-state index is -0.540. The third kappa shape index (κ3) is 4.32. The monoisotopic (exact) mass is 337 g/mol. The molecule has 3 nitrogen and oxygen atoms in total. The van der Waals surface area contributed by atoms with E-state index in [-0.39, 0.29) is 11.8 Å². The van der Waals surface area contributed by atoms with Crippen LogP contribution < -0.4 is 0 Å². The lowest BCUT2D eigenvalue weighted by molar-refractivity contribution is -0.140. The molecule has 5 heteroatoms. The summed E-state index contributed by atoms with van der Waals surface area (Å²) in [5.41, 5.74) is 0.560. The van der Waals surface area contributed by atoms with Gasteiger partial charge in [0.25, 0.3) is 0 Å². The maximum atomic E-state index is 13.7. The summed E-state index contributed by atoms with van der Waals surface area (Å²) in [6, 6.07) is 3.77. The van der Waals surface area contributed by atoms with Gasteiger partial charge in [-0.25, -0.2) is 8.78 Å². The fourth-order valence-corrected chi connectivity index (χ4v) is 3.79. The average molecular weight is 337 g/mol. The van der Waals surface area contributed by atoms with Crippen molar-refractivity contribution in [2.24, 2.45) is 11.8 Å². The van der Waals surface area contributed by atoms with Crippen LogP contribution >= 0.6 is 0 Å². The molecule has 0 bridgehead atoms. The lowest BCUT2D eigenvalue weighted by Crippen LogP contribution is -2.44. The number of carbonyl (C=O) groups is 1. The van der Waals surface area contributed by atoms with Gasteiger partial charge in [-0.15, -0.1) is 0 Å². The molecular weight excluding hydrogens is 312 g/mol. The highest BCUT2D eigenvalue weighted by atomic mass is 19.1. The van der Waals surface area contributed by atoms with Gasteiger partial charge in [0, 0.05) is 38.3 Å². The maximum absolute atomic E-state index is 13.7. The number of benzene rings is 1. The van der Waals surface area contributed by atoms with Crippen molar-refractivity contribution in [3.8, 4) is 0 Å². The van der Waals surface area contributed by atoms with E-state index in [0.717, 1.165) is 51.3 Å². The topological polar surface area (TPSA) is 29.5 Å². The van der Waals surface area contributed by atoms with E-state index in [9.17, 15) is 13.6 Å². The van der Waals surface area contributed by atoms with Crippen LogP contribution in [0.1, 0.15) is 37.7 Å². The van der Waals surface area contributed by atoms with Crippen molar-refractivity contribution in [2.45, 2.75) is 38.5 Å². The van der Waals surface area contributed by atoms with Gasteiger partial charge in [0.1, 0.15) is 11.6 Å². The predicted octanol–water partition coefficient (Wildman–Crippen LogP) is 3.56. The molecule has 0 N–H and O–H groups in total. The molecule has 2 saturated heterocycles. The smallest absolute Gasteiger partial charge is 0.225 e. The molecule has 2 aliphatic rings.